The topological polar surface area (TPSA) is 54.7 Å². The number of nitrogens with one attached hydrogen (secondary N) is 1. The lowest BCUT2D eigenvalue weighted by atomic mass is 9.98. The molecule has 3 aromatic rings. The second-order valence-electron chi connectivity index (χ2n) is 4.38. The zero-order valence-corrected chi connectivity index (χ0v) is 10.2. The van der Waals surface area contributed by atoms with Gasteiger partial charge >= 0.3 is 6.18 Å². The number of aromatic nitrogens is 2. The van der Waals surface area contributed by atoms with Crippen molar-refractivity contribution in [1.82, 2.24) is 10.2 Å². The predicted molar refractivity (Wildman–Crippen MR) is 70.9 cm³/mol. The molecule has 0 aliphatic rings. The smallest absolute Gasteiger partial charge is 0.382 e. The molecule has 0 unspecified atom stereocenters. The Hall–Kier alpha value is -2.50. The lowest BCUT2D eigenvalue weighted by molar-refractivity contribution is -0.140. The van der Waals surface area contributed by atoms with Crippen molar-refractivity contribution < 1.29 is 13.2 Å². The van der Waals surface area contributed by atoms with Crippen LogP contribution in [0.1, 0.15) is 5.69 Å². The number of H-pyrrole nitrogens is 1. The molecule has 102 valence electrons. The van der Waals surface area contributed by atoms with Gasteiger partial charge in [0.15, 0.2) is 5.82 Å². The first-order valence-corrected chi connectivity index (χ1v) is 5.87. The maximum atomic E-state index is 13.0. The van der Waals surface area contributed by atoms with Gasteiger partial charge in [-0.1, -0.05) is 42.5 Å². The summed E-state index contributed by atoms with van der Waals surface area (Å²) in [4.78, 5) is 0. The van der Waals surface area contributed by atoms with Crippen molar-refractivity contribution in [3.8, 4) is 11.1 Å². The predicted octanol–water partition coefficient (Wildman–Crippen LogP) is 3.83. The van der Waals surface area contributed by atoms with Crippen LogP contribution in [0, 0.1) is 0 Å². The molecule has 20 heavy (non-hydrogen) atoms. The second-order valence-corrected chi connectivity index (χ2v) is 4.38. The summed E-state index contributed by atoms with van der Waals surface area (Å²) >= 11 is 0. The molecule has 6 heteroatoms. The quantitative estimate of drug-likeness (QED) is 0.710. The molecule has 2 aromatic carbocycles. The molecule has 0 atom stereocenters. The van der Waals surface area contributed by atoms with Crippen LogP contribution in [-0.2, 0) is 6.18 Å². The highest BCUT2D eigenvalue weighted by molar-refractivity contribution is 5.99. The van der Waals surface area contributed by atoms with Crippen molar-refractivity contribution in [1.29, 1.82) is 0 Å². The standard InChI is InChI=1S/C14H10F3N3/c15-14(16,17)12-11(13(18)20-19-12)10-7-3-5-8-4-1-2-6-9(8)10/h1-7H,(H3,18,19,20). The fourth-order valence-corrected chi connectivity index (χ4v) is 2.28. The summed E-state index contributed by atoms with van der Waals surface area (Å²) < 4.78 is 39.1. The Morgan fingerprint density at radius 2 is 1.70 bits per heavy atom. The average molecular weight is 277 g/mol. The molecule has 3 rings (SSSR count). The zero-order chi connectivity index (χ0) is 14.3. The molecule has 0 saturated carbocycles. The van der Waals surface area contributed by atoms with Gasteiger partial charge in [0.2, 0.25) is 0 Å². The Labute approximate surface area is 112 Å². The number of alkyl halides is 3. The van der Waals surface area contributed by atoms with Crippen molar-refractivity contribution >= 4 is 16.6 Å². The van der Waals surface area contributed by atoms with Crippen LogP contribution in [0.25, 0.3) is 21.9 Å². The van der Waals surface area contributed by atoms with E-state index in [4.69, 9.17) is 5.73 Å². The van der Waals surface area contributed by atoms with Gasteiger partial charge in [0.1, 0.15) is 5.69 Å². The van der Waals surface area contributed by atoms with E-state index in [9.17, 15) is 13.2 Å². The van der Waals surface area contributed by atoms with Crippen molar-refractivity contribution in [3.63, 3.8) is 0 Å². The fraction of sp³-hybridized carbons (Fsp3) is 0.0714. The summed E-state index contributed by atoms with van der Waals surface area (Å²) in [5, 5.41) is 7.02. The van der Waals surface area contributed by atoms with Gasteiger partial charge in [-0.3, -0.25) is 5.10 Å². The minimum atomic E-state index is -4.53. The Balaban J connectivity index is 2.35. The summed E-state index contributed by atoms with van der Waals surface area (Å²) in [5.74, 6) is -0.159. The first kappa shape index (κ1) is 12.5. The third kappa shape index (κ3) is 1.89. The number of fused-ring (bicyclic) bond motifs is 1. The highest BCUT2D eigenvalue weighted by Gasteiger charge is 2.37. The van der Waals surface area contributed by atoms with Crippen LogP contribution >= 0.6 is 0 Å². The van der Waals surface area contributed by atoms with Crippen LogP contribution in [-0.4, -0.2) is 10.2 Å². The normalized spacial score (nSPS) is 11.9. The van der Waals surface area contributed by atoms with Gasteiger partial charge in [-0.15, -0.1) is 0 Å². The average Bonchev–Trinajstić information content (AvgIpc) is 2.80. The number of halogens is 3. The molecule has 0 bridgehead atoms. The lowest BCUT2D eigenvalue weighted by Crippen LogP contribution is -2.07. The molecule has 0 radical (unpaired) electrons. The number of hydrogen-bond donors (Lipinski definition) is 2. The molecule has 3 N–H and O–H groups in total. The summed E-state index contributed by atoms with van der Waals surface area (Å²) in [6, 6.07) is 12.3. The molecule has 0 aliphatic heterocycles. The highest BCUT2D eigenvalue weighted by Crippen LogP contribution is 2.40. The Morgan fingerprint density at radius 1 is 1.00 bits per heavy atom. The summed E-state index contributed by atoms with van der Waals surface area (Å²) in [6.07, 6.45) is -4.53. The van der Waals surface area contributed by atoms with E-state index in [0.29, 0.717) is 10.9 Å². The van der Waals surface area contributed by atoms with Gasteiger partial charge in [0.25, 0.3) is 0 Å². The highest BCUT2D eigenvalue weighted by atomic mass is 19.4. The lowest BCUT2D eigenvalue weighted by Gasteiger charge is -2.10. The van der Waals surface area contributed by atoms with Crippen LogP contribution in [0.5, 0.6) is 0 Å². The molecular formula is C14H10F3N3. The van der Waals surface area contributed by atoms with Gasteiger partial charge in [-0.05, 0) is 16.3 Å². The molecule has 0 saturated heterocycles. The number of nitrogen functional groups attached to an aromatic ring is 1. The van der Waals surface area contributed by atoms with Crippen LogP contribution in [0.4, 0.5) is 19.0 Å². The zero-order valence-electron chi connectivity index (χ0n) is 10.2. The molecule has 1 aromatic heterocycles. The molecule has 1 heterocycles. The van der Waals surface area contributed by atoms with E-state index in [1.54, 1.807) is 24.3 Å². The molecule has 0 amide bonds. The first-order chi connectivity index (χ1) is 9.48. The maximum absolute atomic E-state index is 13.0. The van der Waals surface area contributed by atoms with Gasteiger partial charge < -0.3 is 5.73 Å². The molecule has 0 aliphatic carbocycles. The minimum Gasteiger partial charge on any atom is -0.382 e. The SMILES string of the molecule is Nc1n[nH]c(C(F)(F)F)c1-c1cccc2ccccc12. The number of hydrogen-bond acceptors (Lipinski definition) is 2. The van der Waals surface area contributed by atoms with E-state index in [2.05, 4.69) is 5.10 Å². The third-order valence-corrected chi connectivity index (χ3v) is 3.14. The number of aromatic amines is 1. The molecular weight excluding hydrogens is 267 g/mol. The number of nitrogens with zero attached hydrogens (tertiary/aromatic N) is 1. The molecule has 0 spiro atoms. The summed E-state index contributed by atoms with van der Waals surface area (Å²) in [6.45, 7) is 0. The first-order valence-electron chi connectivity index (χ1n) is 5.87. The van der Waals surface area contributed by atoms with E-state index in [1.165, 1.54) is 0 Å². The van der Waals surface area contributed by atoms with E-state index in [-0.39, 0.29) is 11.4 Å². The largest absolute Gasteiger partial charge is 0.433 e. The van der Waals surface area contributed by atoms with E-state index in [1.807, 2.05) is 23.3 Å². The number of anilines is 1. The Morgan fingerprint density at radius 3 is 2.45 bits per heavy atom. The maximum Gasteiger partial charge on any atom is 0.433 e. The molecule has 3 nitrogen and oxygen atoms in total. The number of nitrogens with two attached hydrogens (primary N) is 1. The van der Waals surface area contributed by atoms with Crippen molar-refractivity contribution in [2.75, 3.05) is 5.73 Å². The van der Waals surface area contributed by atoms with E-state index >= 15 is 0 Å². The van der Waals surface area contributed by atoms with Gasteiger partial charge in [-0.2, -0.15) is 18.3 Å². The third-order valence-electron chi connectivity index (χ3n) is 3.14. The van der Waals surface area contributed by atoms with Crippen molar-refractivity contribution in [2.24, 2.45) is 0 Å². The monoisotopic (exact) mass is 277 g/mol. The number of rotatable bonds is 1. The fourth-order valence-electron chi connectivity index (χ4n) is 2.28. The summed E-state index contributed by atoms with van der Waals surface area (Å²) in [7, 11) is 0. The minimum absolute atomic E-state index is 0.102. The van der Waals surface area contributed by atoms with Gasteiger partial charge in [0.05, 0.1) is 5.56 Å². The van der Waals surface area contributed by atoms with E-state index < -0.39 is 11.9 Å². The van der Waals surface area contributed by atoms with Crippen LogP contribution in [0.15, 0.2) is 42.5 Å². The van der Waals surface area contributed by atoms with E-state index in [0.717, 1.165) is 5.39 Å². The summed E-state index contributed by atoms with van der Waals surface area (Å²) in [5.41, 5.74) is 5.01. The van der Waals surface area contributed by atoms with Crippen molar-refractivity contribution in [2.45, 2.75) is 6.18 Å². The second kappa shape index (κ2) is 4.26. The van der Waals surface area contributed by atoms with Gasteiger partial charge in [0, 0.05) is 0 Å². The number of benzene rings is 2. The molecule has 0 fully saturated rings. The van der Waals surface area contributed by atoms with Crippen LogP contribution in [0.3, 0.4) is 0 Å². The Bertz CT molecular complexity index is 769. The Kier molecular flexibility index (Phi) is 2.67. The van der Waals surface area contributed by atoms with Crippen molar-refractivity contribution in [3.05, 3.63) is 48.2 Å². The van der Waals surface area contributed by atoms with Gasteiger partial charge in [-0.25, -0.2) is 0 Å². The van der Waals surface area contributed by atoms with Crippen LogP contribution < -0.4 is 5.73 Å². The van der Waals surface area contributed by atoms with Crippen LogP contribution in [0.2, 0.25) is 0 Å².